The zero-order chi connectivity index (χ0) is 17.2. The van der Waals surface area contributed by atoms with Crippen LogP contribution in [0.5, 0.6) is 0 Å². The zero-order valence-corrected chi connectivity index (χ0v) is 13.7. The van der Waals surface area contributed by atoms with Crippen LogP contribution < -0.4 is 10.6 Å². The number of amides is 2. The van der Waals surface area contributed by atoms with Crippen molar-refractivity contribution < 1.29 is 23.5 Å². The van der Waals surface area contributed by atoms with Crippen molar-refractivity contribution in [3.05, 3.63) is 30.1 Å². The van der Waals surface area contributed by atoms with Crippen LogP contribution in [0.4, 0.5) is 4.39 Å². The molecule has 1 aromatic rings. The van der Waals surface area contributed by atoms with Crippen molar-refractivity contribution in [3.63, 3.8) is 0 Å². The van der Waals surface area contributed by atoms with Crippen LogP contribution >= 0.6 is 11.8 Å². The molecule has 0 heterocycles. The first kappa shape index (κ1) is 19.0. The molecular formula is C15H19FN2O4S. The average molecular weight is 342 g/mol. The Labute approximate surface area is 138 Å². The van der Waals surface area contributed by atoms with Gasteiger partial charge in [-0.05, 0) is 26.0 Å². The Balaban J connectivity index is 2.29. The molecule has 0 aromatic heterocycles. The Bertz CT molecular complexity index is 568. The van der Waals surface area contributed by atoms with Gasteiger partial charge in [-0.3, -0.25) is 14.4 Å². The molecule has 6 nitrogen and oxygen atoms in total. The Morgan fingerprint density at radius 2 is 2.00 bits per heavy atom. The van der Waals surface area contributed by atoms with Crippen molar-refractivity contribution in [2.45, 2.75) is 24.8 Å². The van der Waals surface area contributed by atoms with Gasteiger partial charge in [-0.1, -0.05) is 12.1 Å². The third-order valence-electron chi connectivity index (χ3n) is 2.67. The summed E-state index contributed by atoms with van der Waals surface area (Å²) in [4.78, 5) is 34.9. The molecule has 8 heteroatoms. The smallest absolute Gasteiger partial charge is 0.316 e. The van der Waals surface area contributed by atoms with Crippen LogP contribution in [0.3, 0.4) is 0 Å². The van der Waals surface area contributed by atoms with Crippen molar-refractivity contribution in [1.82, 2.24) is 10.6 Å². The molecule has 0 saturated heterocycles. The molecule has 0 aliphatic heterocycles. The number of nitrogens with one attached hydrogen (secondary N) is 2. The van der Waals surface area contributed by atoms with Gasteiger partial charge in [0.2, 0.25) is 5.91 Å². The molecule has 1 aromatic carbocycles. The number of carbonyl (C=O) groups excluding carboxylic acids is 3. The number of ether oxygens (including phenoxy) is 1. The first-order valence-corrected chi connectivity index (χ1v) is 8.02. The molecule has 0 unspecified atom stereocenters. The summed E-state index contributed by atoms with van der Waals surface area (Å²) < 4.78 is 18.1. The number of benzene rings is 1. The maximum atomic E-state index is 13.4. The van der Waals surface area contributed by atoms with E-state index in [9.17, 15) is 18.8 Å². The molecule has 0 spiro atoms. The highest BCUT2D eigenvalue weighted by molar-refractivity contribution is 8.00. The largest absolute Gasteiger partial charge is 0.455 e. The van der Waals surface area contributed by atoms with E-state index in [0.717, 1.165) is 11.8 Å². The minimum absolute atomic E-state index is 0.111. The molecule has 0 aliphatic carbocycles. The second-order valence-corrected chi connectivity index (χ2v) is 5.58. The minimum Gasteiger partial charge on any atom is -0.455 e. The van der Waals surface area contributed by atoms with Gasteiger partial charge in [0.25, 0.3) is 5.91 Å². The minimum atomic E-state index is -0.714. The van der Waals surface area contributed by atoms with E-state index in [1.54, 1.807) is 25.1 Å². The molecule has 0 bridgehead atoms. The first-order chi connectivity index (χ1) is 10.9. The molecular weight excluding hydrogens is 323 g/mol. The number of rotatable bonds is 8. The van der Waals surface area contributed by atoms with Crippen molar-refractivity contribution in [2.75, 3.05) is 18.9 Å². The fraction of sp³-hybridized carbons (Fsp3) is 0.400. The van der Waals surface area contributed by atoms with E-state index in [0.29, 0.717) is 11.4 Å². The lowest BCUT2D eigenvalue weighted by molar-refractivity contribution is -0.146. The number of hydrogen-bond donors (Lipinski definition) is 2. The molecule has 0 fully saturated rings. The van der Waals surface area contributed by atoms with E-state index in [-0.39, 0.29) is 11.7 Å². The summed E-state index contributed by atoms with van der Waals surface area (Å²) in [6, 6.07) is 5.34. The number of carbonyl (C=O) groups is 3. The number of hydrogen-bond acceptors (Lipinski definition) is 5. The molecule has 2 N–H and O–H groups in total. The third kappa shape index (κ3) is 7.14. The first-order valence-electron chi connectivity index (χ1n) is 7.04. The Hall–Kier alpha value is -2.09. The third-order valence-corrected chi connectivity index (χ3v) is 3.69. The SMILES string of the molecule is CCNC(=O)[C@@H](C)NC(=O)COC(=O)CSc1ccccc1F. The lowest BCUT2D eigenvalue weighted by Gasteiger charge is -2.13. The summed E-state index contributed by atoms with van der Waals surface area (Å²) in [7, 11) is 0. The molecule has 126 valence electrons. The second-order valence-electron chi connectivity index (χ2n) is 4.56. The highest BCUT2D eigenvalue weighted by Gasteiger charge is 2.16. The van der Waals surface area contributed by atoms with Gasteiger partial charge in [-0.15, -0.1) is 11.8 Å². The van der Waals surface area contributed by atoms with E-state index < -0.39 is 30.3 Å². The highest BCUT2D eigenvalue weighted by atomic mass is 32.2. The van der Waals surface area contributed by atoms with E-state index in [4.69, 9.17) is 4.74 Å². The Kier molecular flexibility index (Phi) is 8.10. The maximum absolute atomic E-state index is 13.4. The van der Waals surface area contributed by atoms with Gasteiger partial charge in [0.1, 0.15) is 11.9 Å². The van der Waals surface area contributed by atoms with E-state index in [1.807, 2.05) is 0 Å². The van der Waals surface area contributed by atoms with Crippen LogP contribution in [0.25, 0.3) is 0 Å². The number of likely N-dealkylation sites (N-methyl/N-ethyl adjacent to an activating group) is 1. The van der Waals surface area contributed by atoms with Crippen molar-refractivity contribution >= 4 is 29.5 Å². The van der Waals surface area contributed by atoms with Crippen LogP contribution in [0.15, 0.2) is 29.2 Å². The fourth-order valence-corrected chi connectivity index (χ4v) is 2.30. The van der Waals surface area contributed by atoms with Crippen LogP contribution in [0.2, 0.25) is 0 Å². The second kappa shape index (κ2) is 9.83. The topological polar surface area (TPSA) is 84.5 Å². The molecule has 0 aliphatic rings. The van der Waals surface area contributed by atoms with E-state index >= 15 is 0 Å². The van der Waals surface area contributed by atoms with Gasteiger partial charge < -0.3 is 15.4 Å². The monoisotopic (exact) mass is 342 g/mol. The average Bonchev–Trinajstić information content (AvgIpc) is 2.52. The predicted octanol–water partition coefficient (Wildman–Crippen LogP) is 1.10. The van der Waals surface area contributed by atoms with Crippen LogP contribution in [0, 0.1) is 5.82 Å². The predicted molar refractivity (Wildman–Crippen MR) is 84.4 cm³/mol. The van der Waals surface area contributed by atoms with E-state index in [1.165, 1.54) is 13.0 Å². The Morgan fingerprint density at radius 1 is 1.30 bits per heavy atom. The van der Waals surface area contributed by atoms with Crippen LogP contribution in [0.1, 0.15) is 13.8 Å². The summed E-state index contributed by atoms with van der Waals surface area (Å²) in [5, 5.41) is 4.97. The van der Waals surface area contributed by atoms with Gasteiger partial charge >= 0.3 is 5.97 Å². The van der Waals surface area contributed by atoms with Gasteiger partial charge in [0, 0.05) is 11.4 Å². The number of esters is 1. The molecule has 0 saturated carbocycles. The number of halogens is 1. The van der Waals surface area contributed by atoms with Gasteiger partial charge in [-0.25, -0.2) is 4.39 Å². The molecule has 1 atom stereocenters. The van der Waals surface area contributed by atoms with Crippen molar-refractivity contribution in [3.8, 4) is 0 Å². The normalized spacial score (nSPS) is 11.4. The summed E-state index contributed by atoms with van der Waals surface area (Å²) in [6.07, 6.45) is 0. The fourth-order valence-electron chi connectivity index (χ4n) is 1.56. The Morgan fingerprint density at radius 3 is 2.65 bits per heavy atom. The van der Waals surface area contributed by atoms with Crippen molar-refractivity contribution in [1.29, 1.82) is 0 Å². The lowest BCUT2D eigenvalue weighted by Crippen LogP contribution is -2.46. The zero-order valence-electron chi connectivity index (χ0n) is 12.9. The van der Waals surface area contributed by atoms with Crippen LogP contribution in [-0.4, -0.2) is 42.7 Å². The summed E-state index contributed by atoms with van der Waals surface area (Å²) in [6.45, 7) is 3.27. The molecule has 0 radical (unpaired) electrons. The molecule has 1 rings (SSSR count). The summed E-state index contributed by atoms with van der Waals surface area (Å²) >= 11 is 0.987. The van der Waals surface area contributed by atoms with Gasteiger partial charge in [0.05, 0.1) is 5.75 Å². The summed E-state index contributed by atoms with van der Waals surface area (Å²) in [5.41, 5.74) is 0. The maximum Gasteiger partial charge on any atom is 0.316 e. The van der Waals surface area contributed by atoms with Crippen LogP contribution in [-0.2, 0) is 19.1 Å². The number of thioether (sulfide) groups is 1. The van der Waals surface area contributed by atoms with Crippen molar-refractivity contribution in [2.24, 2.45) is 0 Å². The van der Waals surface area contributed by atoms with Gasteiger partial charge in [-0.2, -0.15) is 0 Å². The molecule has 2 amide bonds. The lowest BCUT2D eigenvalue weighted by atomic mass is 10.3. The highest BCUT2D eigenvalue weighted by Crippen LogP contribution is 2.20. The summed E-state index contributed by atoms with van der Waals surface area (Å²) in [5.74, 6) is -2.06. The van der Waals surface area contributed by atoms with Gasteiger partial charge in [0.15, 0.2) is 6.61 Å². The quantitative estimate of drug-likeness (QED) is 0.546. The molecule has 23 heavy (non-hydrogen) atoms. The van der Waals surface area contributed by atoms with E-state index in [2.05, 4.69) is 10.6 Å². The standard InChI is InChI=1S/C15H19FN2O4S/c1-3-17-15(21)10(2)18-13(19)8-22-14(20)9-23-12-7-5-4-6-11(12)16/h4-7,10H,3,8-9H2,1-2H3,(H,17,21)(H,18,19)/t10-/m1/s1.